The smallest absolute Gasteiger partial charge is 0.159 e. The topological polar surface area (TPSA) is 43.1 Å². The molecule has 1 heterocycles. The lowest BCUT2D eigenvalue weighted by molar-refractivity contribution is 0.568. The van der Waals surface area contributed by atoms with Gasteiger partial charge in [-0.3, -0.25) is 5.50 Å². The monoisotopic (exact) mass is 371 g/mol. The van der Waals surface area contributed by atoms with Crippen molar-refractivity contribution in [3.8, 4) is 0 Å². The summed E-state index contributed by atoms with van der Waals surface area (Å²) in [7, 11) is -2.92. The van der Waals surface area contributed by atoms with Crippen LogP contribution in [-0.2, 0) is 4.57 Å². The zero-order valence-corrected chi connectivity index (χ0v) is 16.0. The molecule has 4 aromatic rings. The van der Waals surface area contributed by atoms with Gasteiger partial charge in [0.1, 0.15) is 0 Å². The van der Waals surface area contributed by atoms with E-state index in [0.717, 1.165) is 24.0 Å². The average Bonchev–Trinajstić information content (AvgIpc) is 3.01. The summed E-state index contributed by atoms with van der Waals surface area (Å²) in [6.07, 6.45) is 1.74. The molecule has 1 fully saturated rings. The zero-order chi connectivity index (χ0) is 18.4. The van der Waals surface area contributed by atoms with Crippen molar-refractivity contribution in [3.05, 3.63) is 96.1 Å². The van der Waals surface area contributed by atoms with Crippen molar-refractivity contribution in [1.29, 1.82) is 0 Å². The van der Waals surface area contributed by atoms with Gasteiger partial charge in [0.2, 0.25) is 0 Å². The Labute approximate surface area is 159 Å². The molecular formula is C24H22NOP. The molecule has 0 aromatic heterocycles. The Balaban J connectivity index is 1.64. The number of nitrogens with two attached hydrogens (primary N) is 1. The molecule has 1 aliphatic rings. The molecule has 0 aliphatic carbocycles. The van der Waals surface area contributed by atoms with Crippen LogP contribution in [0.3, 0.4) is 0 Å². The third-order valence-electron chi connectivity index (χ3n) is 6.05. The molecule has 0 spiro atoms. The first-order chi connectivity index (χ1) is 13.2. The molecule has 134 valence electrons. The molecule has 2 N–H and O–H groups in total. The summed E-state index contributed by atoms with van der Waals surface area (Å²) in [5, 5.41) is 4.72. The largest absolute Gasteiger partial charge is 0.306 e. The van der Waals surface area contributed by atoms with Crippen molar-refractivity contribution >= 4 is 28.8 Å². The Morgan fingerprint density at radius 2 is 1.04 bits per heavy atom. The van der Waals surface area contributed by atoms with Gasteiger partial charge >= 0.3 is 0 Å². The molecule has 2 nitrogen and oxygen atoms in total. The van der Waals surface area contributed by atoms with E-state index in [9.17, 15) is 4.57 Å². The minimum atomic E-state index is -2.92. The molecule has 0 unspecified atom stereocenters. The molecule has 0 saturated carbocycles. The molecule has 2 atom stereocenters. The number of fused-ring (bicyclic) bond motifs is 2. The molecular weight excluding hydrogens is 349 g/mol. The number of rotatable bonds is 2. The molecule has 1 saturated heterocycles. The minimum absolute atomic E-state index is 0.0763. The summed E-state index contributed by atoms with van der Waals surface area (Å²) in [6.45, 7) is 0. The Kier molecular flexibility index (Phi) is 3.93. The summed E-state index contributed by atoms with van der Waals surface area (Å²) >= 11 is 0. The summed E-state index contributed by atoms with van der Waals surface area (Å²) in [4.78, 5) is 0. The Morgan fingerprint density at radius 3 is 1.52 bits per heavy atom. The highest BCUT2D eigenvalue weighted by atomic mass is 31.2. The van der Waals surface area contributed by atoms with E-state index in [1.54, 1.807) is 0 Å². The number of hydrogen-bond donors (Lipinski definition) is 1. The molecule has 0 radical (unpaired) electrons. The Morgan fingerprint density at radius 1 is 0.630 bits per heavy atom. The van der Waals surface area contributed by atoms with E-state index in [-0.39, 0.29) is 11.3 Å². The van der Waals surface area contributed by atoms with E-state index in [1.807, 2.05) is 24.3 Å². The molecule has 3 heteroatoms. The van der Waals surface area contributed by atoms with E-state index in [1.165, 1.54) is 21.5 Å². The third kappa shape index (κ3) is 2.64. The van der Waals surface area contributed by atoms with Crippen LogP contribution in [0.2, 0.25) is 0 Å². The van der Waals surface area contributed by atoms with Gasteiger partial charge in [-0.25, -0.2) is 0 Å². The summed E-state index contributed by atoms with van der Waals surface area (Å²) in [5.41, 5.74) is 8.80. The number of benzene rings is 4. The van der Waals surface area contributed by atoms with Crippen molar-refractivity contribution < 1.29 is 4.57 Å². The van der Waals surface area contributed by atoms with Crippen LogP contribution in [-0.4, -0.2) is 0 Å². The van der Waals surface area contributed by atoms with Gasteiger partial charge in [0, 0.05) is 0 Å². The van der Waals surface area contributed by atoms with Gasteiger partial charge in [-0.05, 0) is 45.5 Å². The summed E-state index contributed by atoms with van der Waals surface area (Å²) in [5.74, 6) is 0. The molecule has 0 amide bonds. The molecule has 0 bridgehead atoms. The fraction of sp³-hybridized carbons (Fsp3) is 0.167. The predicted molar refractivity (Wildman–Crippen MR) is 114 cm³/mol. The first-order valence-electron chi connectivity index (χ1n) is 9.49. The second-order valence-corrected chi connectivity index (χ2v) is 10.3. The van der Waals surface area contributed by atoms with Gasteiger partial charge in [0.15, 0.2) is 7.29 Å². The van der Waals surface area contributed by atoms with Crippen molar-refractivity contribution in [2.45, 2.75) is 24.2 Å². The maximum atomic E-state index is 13.9. The molecule has 1 aliphatic heterocycles. The van der Waals surface area contributed by atoms with Crippen LogP contribution in [0.15, 0.2) is 84.9 Å². The summed E-state index contributed by atoms with van der Waals surface area (Å²) in [6, 6.07) is 29.2. The lowest BCUT2D eigenvalue weighted by Crippen LogP contribution is -2.07. The highest BCUT2D eigenvalue weighted by molar-refractivity contribution is 7.62. The highest BCUT2D eigenvalue weighted by Crippen LogP contribution is 2.72. The van der Waals surface area contributed by atoms with Crippen LogP contribution in [0, 0.1) is 0 Å². The van der Waals surface area contributed by atoms with E-state index < -0.39 is 7.29 Å². The van der Waals surface area contributed by atoms with Crippen LogP contribution >= 0.6 is 7.29 Å². The highest BCUT2D eigenvalue weighted by Gasteiger charge is 2.45. The Hall–Kier alpha value is -2.41. The van der Waals surface area contributed by atoms with Crippen LogP contribution < -0.4 is 5.50 Å². The van der Waals surface area contributed by atoms with Gasteiger partial charge in [-0.1, -0.05) is 84.9 Å². The van der Waals surface area contributed by atoms with Gasteiger partial charge in [0.25, 0.3) is 0 Å². The van der Waals surface area contributed by atoms with Crippen LogP contribution in [0.5, 0.6) is 0 Å². The molecule has 27 heavy (non-hydrogen) atoms. The summed E-state index contributed by atoms with van der Waals surface area (Å²) < 4.78 is 13.9. The van der Waals surface area contributed by atoms with Gasteiger partial charge in [0.05, 0.1) is 11.3 Å². The maximum Gasteiger partial charge on any atom is 0.159 e. The quantitative estimate of drug-likeness (QED) is 0.394. The third-order valence-corrected chi connectivity index (χ3v) is 9.07. The van der Waals surface area contributed by atoms with Crippen LogP contribution in [0.1, 0.15) is 35.3 Å². The lowest BCUT2D eigenvalue weighted by Gasteiger charge is -2.24. The van der Waals surface area contributed by atoms with E-state index in [0.29, 0.717) is 0 Å². The van der Waals surface area contributed by atoms with Gasteiger partial charge in [-0.2, -0.15) is 0 Å². The predicted octanol–water partition coefficient (Wildman–Crippen LogP) is 6.81. The van der Waals surface area contributed by atoms with Crippen molar-refractivity contribution in [1.82, 2.24) is 0 Å². The van der Waals surface area contributed by atoms with Crippen LogP contribution in [0.25, 0.3) is 21.5 Å². The second kappa shape index (κ2) is 6.34. The second-order valence-electron chi connectivity index (χ2n) is 7.51. The van der Waals surface area contributed by atoms with Gasteiger partial charge < -0.3 is 4.57 Å². The van der Waals surface area contributed by atoms with Crippen molar-refractivity contribution in [2.24, 2.45) is 5.50 Å². The fourth-order valence-electron chi connectivity index (χ4n) is 4.76. The average molecular weight is 371 g/mol. The number of hydrogen-bond acceptors (Lipinski definition) is 1. The zero-order valence-electron chi connectivity index (χ0n) is 15.1. The van der Waals surface area contributed by atoms with Gasteiger partial charge in [-0.15, -0.1) is 0 Å². The molecule has 5 rings (SSSR count). The van der Waals surface area contributed by atoms with E-state index >= 15 is 0 Å². The lowest BCUT2D eigenvalue weighted by atomic mass is 9.97. The van der Waals surface area contributed by atoms with E-state index in [4.69, 9.17) is 5.50 Å². The first-order valence-corrected chi connectivity index (χ1v) is 11.4. The maximum absolute atomic E-state index is 13.9. The van der Waals surface area contributed by atoms with Crippen LogP contribution in [0.4, 0.5) is 0 Å². The molecule has 4 aromatic carbocycles. The standard InChI is InChI=1S/C24H22NOP/c25-27(26)23(21-13-5-9-17-7-1-3-11-19(17)21)15-16-24(27)22-14-6-10-18-8-2-4-12-20(18)22/h1-14,23-24H,15-16H2,(H2,25,26)/t23-,24-/m1/s1. The fourth-order valence-corrected chi connectivity index (χ4v) is 7.62. The minimum Gasteiger partial charge on any atom is -0.306 e. The van der Waals surface area contributed by atoms with E-state index in [2.05, 4.69) is 60.7 Å². The Bertz CT molecular complexity index is 1100. The SMILES string of the molecule is NP1(=O)[C@@H](c2cccc3ccccc23)CC[C@@H]1c1cccc2ccccc12. The van der Waals surface area contributed by atoms with Crippen molar-refractivity contribution in [2.75, 3.05) is 0 Å². The first kappa shape index (κ1) is 16.7. The van der Waals surface area contributed by atoms with Crippen molar-refractivity contribution in [3.63, 3.8) is 0 Å². The normalized spacial score (nSPS) is 21.7.